The number of rotatable bonds is 0. The zero-order chi connectivity index (χ0) is 7.84. The number of aromatic nitrogens is 3. The van der Waals surface area contributed by atoms with Gasteiger partial charge in [0, 0.05) is 13.1 Å². The van der Waals surface area contributed by atoms with Crippen LogP contribution < -0.4 is 0 Å². The van der Waals surface area contributed by atoms with E-state index in [1.54, 1.807) is 17.7 Å². The van der Waals surface area contributed by atoms with Gasteiger partial charge in [-0.15, -0.1) is 0 Å². The predicted molar refractivity (Wildman–Crippen MR) is 39.0 cm³/mol. The summed E-state index contributed by atoms with van der Waals surface area (Å²) in [5, 5.41) is 9.01. The summed E-state index contributed by atoms with van der Waals surface area (Å²) in [5.74, 6) is 0.00880. The summed E-state index contributed by atoms with van der Waals surface area (Å²) in [6, 6.07) is 3.21. The highest BCUT2D eigenvalue weighted by Crippen LogP contribution is 2.12. The van der Waals surface area contributed by atoms with Gasteiger partial charge in [-0.25, -0.2) is 4.98 Å². The van der Waals surface area contributed by atoms with Gasteiger partial charge in [0.1, 0.15) is 5.52 Å². The number of aryl methyl sites for hydroxylation is 1. The van der Waals surface area contributed by atoms with Gasteiger partial charge >= 0.3 is 0 Å². The first-order valence-electron chi connectivity index (χ1n) is 3.17. The largest absolute Gasteiger partial charge is 0.493 e. The third-order valence-electron chi connectivity index (χ3n) is 1.48. The zero-order valence-electron chi connectivity index (χ0n) is 5.94. The van der Waals surface area contributed by atoms with Gasteiger partial charge in [0.25, 0.3) is 0 Å². The van der Waals surface area contributed by atoms with Gasteiger partial charge in [-0.05, 0) is 6.07 Å². The van der Waals surface area contributed by atoms with Crippen molar-refractivity contribution >= 4 is 11.2 Å². The Kier molecular flexibility index (Phi) is 1.09. The summed E-state index contributed by atoms with van der Waals surface area (Å²) in [5.41, 5.74) is 1.38. The van der Waals surface area contributed by atoms with Crippen LogP contribution in [0.25, 0.3) is 11.2 Å². The Morgan fingerprint density at radius 2 is 2.36 bits per heavy atom. The van der Waals surface area contributed by atoms with E-state index in [2.05, 4.69) is 16.3 Å². The SMILES string of the molecule is Cn1[c]nc2ccc(O)nc21. The minimum Gasteiger partial charge on any atom is -0.493 e. The van der Waals surface area contributed by atoms with E-state index in [4.69, 9.17) is 5.11 Å². The molecule has 0 bridgehead atoms. The number of hydrogen-bond donors (Lipinski definition) is 1. The molecule has 0 atom stereocenters. The van der Waals surface area contributed by atoms with E-state index in [9.17, 15) is 0 Å². The molecule has 0 saturated heterocycles. The molecule has 0 amide bonds. The van der Waals surface area contributed by atoms with E-state index in [1.165, 1.54) is 6.07 Å². The average Bonchev–Trinajstić information content (AvgIpc) is 2.33. The maximum atomic E-state index is 9.01. The maximum Gasteiger partial charge on any atom is 0.212 e. The molecule has 2 rings (SSSR count). The van der Waals surface area contributed by atoms with Crippen molar-refractivity contribution in [2.24, 2.45) is 7.05 Å². The van der Waals surface area contributed by atoms with E-state index in [-0.39, 0.29) is 5.88 Å². The Balaban J connectivity index is 2.87. The molecule has 2 aromatic heterocycles. The number of hydrogen-bond acceptors (Lipinski definition) is 3. The third kappa shape index (κ3) is 0.832. The summed E-state index contributed by atoms with van der Waals surface area (Å²) >= 11 is 0. The molecule has 2 heterocycles. The molecule has 4 heteroatoms. The predicted octanol–water partition coefficient (Wildman–Crippen LogP) is 0.474. The highest BCUT2D eigenvalue weighted by molar-refractivity contribution is 5.70. The third-order valence-corrected chi connectivity index (χ3v) is 1.48. The van der Waals surface area contributed by atoms with Crippen LogP contribution in [0.4, 0.5) is 0 Å². The molecule has 0 saturated carbocycles. The van der Waals surface area contributed by atoms with E-state index in [0.717, 1.165) is 5.52 Å². The lowest BCUT2D eigenvalue weighted by Gasteiger charge is -1.92. The van der Waals surface area contributed by atoms with Crippen LogP contribution >= 0.6 is 0 Å². The number of imidazole rings is 1. The molecule has 0 aliphatic rings. The van der Waals surface area contributed by atoms with Crippen molar-refractivity contribution in [1.29, 1.82) is 0 Å². The van der Waals surface area contributed by atoms with Crippen LogP contribution in [0.15, 0.2) is 12.1 Å². The lowest BCUT2D eigenvalue weighted by Crippen LogP contribution is -1.86. The minimum atomic E-state index is 0.00880. The van der Waals surface area contributed by atoms with Crippen molar-refractivity contribution < 1.29 is 5.11 Å². The molecule has 1 radical (unpaired) electrons. The summed E-state index contributed by atoms with van der Waals surface area (Å²) in [6.07, 6.45) is 2.70. The van der Waals surface area contributed by atoms with E-state index < -0.39 is 0 Å². The van der Waals surface area contributed by atoms with E-state index in [0.29, 0.717) is 5.65 Å². The van der Waals surface area contributed by atoms with Crippen molar-refractivity contribution in [2.75, 3.05) is 0 Å². The normalized spacial score (nSPS) is 10.6. The van der Waals surface area contributed by atoms with Gasteiger partial charge in [-0.2, -0.15) is 4.98 Å². The van der Waals surface area contributed by atoms with Crippen LogP contribution in [-0.2, 0) is 7.05 Å². The van der Waals surface area contributed by atoms with Crippen molar-refractivity contribution in [2.45, 2.75) is 0 Å². The Bertz CT molecular complexity index is 393. The van der Waals surface area contributed by atoms with E-state index in [1.807, 2.05) is 0 Å². The minimum absolute atomic E-state index is 0.00880. The Morgan fingerprint density at radius 1 is 1.55 bits per heavy atom. The highest BCUT2D eigenvalue weighted by Gasteiger charge is 2.00. The first-order chi connectivity index (χ1) is 5.27. The van der Waals surface area contributed by atoms with Crippen LogP contribution in [0.2, 0.25) is 0 Å². The Hall–Kier alpha value is -1.58. The van der Waals surface area contributed by atoms with Crippen molar-refractivity contribution in [3.05, 3.63) is 18.5 Å². The van der Waals surface area contributed by atoms with Gasteiger partial charge in [0.2, 0.25) is 5.88 Å². The molecule has 4 nitrogen and oxygen atoms in total. The fourth-order valence-corrected chi connectivity index (χ4v) is 0.941. The summed E-state index contributed by atoms with van der Waals surface area (Å²) < 4.78 is 1.63. The Morgan fingerprint density at radius 3 is 3.18 bits per heavy atom. The van der Waals surface area contributed by atoms with Crippen molar-refractivity contribution in [1.82, 2.24) is 14.5 Å². The van der Waals surface area contributed by atoms with Crippen LogP contribution in [-0.4, -0.2) is 19.6 Å². The second-order valence-electron chi connectivity index (χ2n) is 2.28. The fourth-order valence-electron chi connectivity index (χ4n) is 0.941. The molecule has 0 spiro atoms. The van der Waals surface area contributed by atoms with Crippen molar-refractivity contribution in [3.63, 3.8) is 0 Å². The molecular formula is C7H6N3O. The second-order valence-corrected chi connectivity index (χ2v) is 2.28. The topological polar surface area (TPSA) is 50.9 Å². The number of aromatic hydroxyl groups is 1. The lowest BCUT2D eigenvalue weighted by atomic mass is 10.4. The van der Waals surface area contributed by atoms with Gasteiger partial charge < -0.3 is 9.67 Å². The maximum absolute atomic E-state index is 9.01. The first-order valence-corrected chi connectivity index (χ1v) is 3.17. The van der Waals surface area contributed by atoms with E-state index >= 15 is 0 Å². The van der Waals surface area contributed by atoms with Gasteiger partial charge in [-0.1, -0.05) is 0 Å². The summed E-state index contributed by atoms with van der Waals surface area (Å²) in [7, 11) is 1.78. The molecule has 0 aromatic carbocycles. The number of fused-ring (bicyclic) bond motifs is 1. The summed E-state index contributed by atoms with van der Waals surface area (Å²) in [6.45, 7) is 0. The smallest absolute Gasteiger partial charge is 0.212 e. The molecule has 11 heavy (non-hydrogen) atoms. The molecule has 2 aromatic rings. The van der Waals surface area contributed by atoms with Crippen LogP contribution in [0, 0.1) is 6.33 Å². The lowest BCUT2D eigenvalue weighted by molar-refractivity contribution is 0.455. The fraction of sp³-hybridized carbons (Fsp3) is 0.143. The standard InChI is InChI=1S/C7H6N3O/c1-10-4-8-5-2-3-6(11)9-7(5)10/h2-3H,1H3,(H,9,11). The van der Waals surface area contributed by atoms with Crippen LogP contribution in [0.3, 0.4) is 0 Å². The number of nitrogens with zero attached hydrogens (tertiary/aromatic N) is 3. The zero-order valence-corrected chi connectivity index (χ0v) is 5.94. The first kappa shape index (κ1) is 6.15. The molecule has 0 fully saturated rings. The van der Waals surface area contributed by atoms with Gasteiger partial charge in [0.15, 0.2) is 12.0 Å². The van der Waals surface area contributed by atoms with Crippen LogP contribution in [0.1, 0.15) is 0 Å². The molecule has 0 aliphatic heterocycles. The number of pyridine rings is 1. The van der Waals surface area contributed by atoms with Crippen LogP contribution in [0.5, 0.6) is 5.88 Å². The Labute approximate surface area is 63.1 Å². The quantitative estimate of drug-likeness (QED) is 0.591. The molecule has 0 unspecified atom stereocenters. The van der Waals surface area contributed by atoms with Gasteiger partial charge in [-0.3, -0.25) is 0 Å². The second kappa shape index (κ2) is 1.95. The molecule has 0 aliphatic carbocycles. The molecule has 55 valence electrons. The summed E-state index contributed by atoms with van der Waals surface area (Å²) in [4.78, 5) is 7.78. The van der Waals surface area contributed by atoms with Crippen molar-refractivity contribution in [3.8, 4) is 5.88 Å². The molecular weight excluding hydrogens is 142 g/mol. The van der Waals surface area contributed by atoms with Gasteiger partial charge in [0.05, 0.1) is 0 Å². The highest BCUT2D eigenvalue weighted by atomic mass is 16.3. The monoisotopic (exact) mass is 148 g/mol. The molecule has 1 N–H and O–H groups in total. The average molecular weight is 148 g/mol.